The van der Waals surface area contributed by atoms with E-state index in [0.29, 0.717) is 86.7 Å². The molecule has 5 aromatic rings. The number of amides is 2. The van der Waals surface area contributed by atoms with Gasteiger partial charge in [0.05, 0.1) is 34.5 Å². The standard InChI is InChI=1S/C40H50ClN11O5/c1-40(2,57)14-17-50-33-20-25(8-11-31(33)51(39(50)56)19-18-48-23-28(53)24-48)43-36-30(41)22-42-38(44-36)46(3)26-12-15-49(16-13-26)27-9-10-29-32(21-27)47(4)45-37(29)52-34(54)6-5-7-35(52)55/h8-11,20-22,26,28,53,57H,5-7,12-19,23-24H2,1-4H3,(H,42,43,44). The minimum atomic E-state index is -0.941. The van der Waals surface area contributed by atoms with E-state index in [9.17, 15) is 24.6 Å². The highest BCUT2D eigenvalue weighted by Gasteiger charge is 2.32. The SMILES string of the molecule is CN(c1ncc(Cl)c(Nc2ccc3c(c2)n(CCC(C)(C)O)c(=O)n3CCN2CC(O)C2)n1)C1CCN(c2ccc3c(N4C(=O)CCCC4=O)nn(C)c3c2)CC1. The monoisotopic (exact) mass is 799 g/mol. The number of nitrogens with zero attached hydrogens (tertiary/aromatic N) is 10. The number of imide groups is 1. The van der Waals surface area contributed by atoms with Gasteiger partial charge in [0, 0.05) is 95.6 Å². The lowest BCUT2D eigenvalue weighted by atomic mass is 10.0. The fraction of sp³-hybridized carbons (Fsp3) is 0.500. The van der Waals surface area contributed by atoms with E-state index in [1.165, 1.54) is 4.90 Å². The minimum Gasteiger partial charge on any atom is -0.390 e. The summed E-state index contributed by atoms with van der Waals surface area (Å²) in [7, 11) is 3.83. The van der Waals surface area contributed by atoms with Gasteiger partial charge in [0.25, 0.3) is 0 Å². The van der Waals surface area contributed by atoms with Gasteiger partial charge in [-0.2, -0.15) is 10.1 Å². The Morgan fingerprint density at radius 1 is 0.947 bits per heavy atom. The van der Waals surface area contributed by atoms with Crippen LogP contribution in [0.4, 0.5) is 29.0 Å². The first-order valence-corrected chi connectivity index (χ1v) is 20.1. The van der Waals surface area contributed by atoms with E-state index >= 15 is 0 Å². The van der Waals surface area contributed by atoms with Crippen molar-refractivity contribution in [1.82, 2.24) is 33.8 Å². The van der Waals surface area contributed by atoms with Crippen molar-refractivity contribution in [3.63, 3.8) is 0 Å². The summed E-state index contributed by atoms with van der Waals surface area (Å²) >= 11 is 6.65. The summed E-state index contributed by atoms with van der Waals surface area (Å²) in [4.78, 5) is 56.2. The predicted molar refractivity (Wildman–Crippen MR) is 221 cm³/mol. The molecule has 3 aromatic heterocycles. The van der Waals surface area contributed by atoms with Crippen LogP contribution in [-0.4, -0.2) is 113 Å². The van der Waals surface area contributed by atoms with E-state index in [4.69, 9.17) is 16.6 Å². The highest BCUT2D eigenvalue weighted by Crippen LogP contribution is 2.34. The number of aliphatic hydroxyl groups excluding tert-OH is 1. The Kier molecular flexibility index (Phi) is 10.5. The maximum atomic E-state index is 13.7. The quantitative estimate of drug-likeness (QED) is 0.156. The number of rotatable bonds is 12. The molecule has 3 fully saturated rings. The average molecular weight is 800 g/mol. The molecule has 302 valence electrons. The molecule has 0 atom stereocenters. The van der Waals surface area contributed by atoms with Crippen molar-refractivity contribution < 1.29 is 19.8 Å². The summed E-state index contributed by atoms with van der Waals surface area (Å²) in [6, 6.07) is 12.0. The lowest BCUT2D eigenvalue weighted by molar-refractivity contribution is -0.129. The Balaban J connectivity index is 0.960. The minimum absolute atomic E-state index is 0.141. The maximum Gasteiger partial charge on any atom is 0.329 e. The van der Waals surface area contributed by atoms with Crippen LogP contribution < -0.4 is 25.7 Å². The van der Waals surface area contributed by atoms with Gasteiger partial charge in [0.2, 0.25) is 17.8 Å². The number of hydrogen-bond acceptors (Lipinski definition) is 12. The van der Waals surface area contributed by atoms with Crippen molar-refractivity contribution in [2.75, 3.05) is 59.8 Å². The molecular formula is C40H50ClN11O5. The molecule has 6 heterocycles. The van der Waals surface area contributed by atoms with Gasteiger partial charge in [-0.3, -0.25) is 28.3 Å². The van der Waals surface area contributed by atoms with Crippen molar-refractivity contribution in [3.8, 4) is 0 Å². The van der Waals surface area contributed by atoms with E-state index in [2.05, 4.69) is 36.2 Å². The Labute approximate surface area is 335 Å². The molecule has 0 aliphatic carbocycles. The molecular weight excluding hydrogens is 750 g/mol. The summed E-state index contributed by atoms with van der Waals surface area (Å²) in [6.45, 7) is 7.79. The molecule has 0 radical (unpaired) electrons. The van der Waals surface area contributed by atoms with Gasteiger partial charge >= 0.3 is 5.69 Å². The number of aromatic nitrogens is 6. The van der Waals surface area contributed by atoms with Gasteiger partial charge in [-0.1, -0.05) is 11.6 Å². The third-order valence-corrected chi connectivity index (χ3v) is 11.8. The Morgan fingerprint density at radius 3 is 2.37 bits per heavy atom. The highest BCUT2D eigenvalue weighted by atomic mass is 35.5. The number of anilines is 5. The molecule has 57 heavy (non-hydrogen) atoms. The van der Waals surface area contributed by atoms with E-state index in [0.717, 1.165) is 53.6 Å². The first-order chi connectivity index (χ1) is 27.2. The van der Waals surface area contributed by atoms with Crippen molar-refractivity contribution in [1.29, 1.82) is 0 Å². The van der Waals surface area contributed by atoms with Gasteiger partial charge < -0.3 is 25.3 Å². The van der Waals surface area contributed by atoms with Crippen LogP contribution >= 0.6 is 11.6 Å². The number of hydrogen-bond donors (Lipinski definition) is 3. The molecule has 3 saturated heterocycles. The zero-order valence-corrected chi connectivity index (χ0v) is 33.6. The van der Waals surface area contributed by atoms with Crippen LogP contribution in [0.1, 0.15) is 52.4 Å². The number of nitrogens with one attached hydrogen (secondary N) is 1. The zero-order chi connectivity index (χ0) is 40.2. The lowest BCUT2D eigenvalue weighted by Crippen LogP contribution is -2.51. The van der Waals surface area contributed by atoms with Gasteiger partial charge in [-0.15, -0.1) is 0 Å². The average Bonchev–Trinajstić information content (AvgIpc) is 3.63. The number of benzene rings is 2. The van der Waals surface area contributed by atoms with Crippen molar-refractivity contribution in [2.45, 2.75) is 83.2 Å². The summed E-state index contributed by atoms with van der Waals surface area (Å²) < 4.78 is 5.21. The van der Waals surface area contributed by atoms with Crippen LogP contribution in [0.25, 0.3) is 21.9 Å². The molecule has 17 heteroatoms. The van der Waals surface area contributed by atoms with E-state index < -0.39 is 5.60 Å². The Hall–Kier alpha value is -5.03. The molecule has 2 aromatic carbocycles. The lowest BCUT2D eigenvalue weighted by Gasteiger charge is -2.38. The largest absolute Gasteiger partial charge is 0.390 e. The molecule has 0 unspecified atom stereocenters. The number of likely N-dealkylation sites (tertiary alicyclic amines) is 1. The summed E-state index contributed by atoms with van der Waals surface area (Å²) in [5, 5.41) is 29.3. The van der Waals surface area contributed by atoms with Crippen molar-refractivity contribution >= 4 is 74.3 Å². The number of halogens is 1. The Bertz CT molecular complexity index is 2370. The Morgan fingerprint density at radius 2 is 1.67 bits per heavy atom. The summed E-state index contributed by atoms with van der Waals surface area (Å²) in [6.07, 6.45) is 4.69. The number of aliphatic hydroxyl groups is 2. The molecule has 0 saturated carbocycles. The number of imidazole rings is 1. The second-order valence-electron chi connectivity index (χ2n) is 16.2. The van der Waals surface area contributed by atoms with Crippen LogP contribution in [0.2, 0.25) is 5.02 Å². The van der Waals surface area contributed by atoms with Crippen molar-refractivity contribution in [3.05, 3.63) is 58.1 Å². The normalized spacial score (nSPS) is 17.6. The second kappa shape index (κ2) is 15.4. The van der Waals surface area contributed by atoms with Crippen LogP contribution in [0.15, 0.2) is 47.4 Å². The second-order valence-corrected chi connectivity index (χ2v) is 16.6. The number of carbonyl (C=O) groups excluding carboxylic acids is 2. The van der Waals surface area contributed by atoms with Gasteiger partial charge in [-0.05, 0) is 75.9 Å². The molecule has 3 aliphatic heterocycles. The van der Waals surface area contributed by atoms with Crippen LogP contribution in [0.3, 0.4) is 0 Å². The van der Waals surface area contributed by atoms with Crippen LogP contribution in [0, 0.1) is 0 Å². The molecule has 0 spiro atoms. The van der Waals surface area contributed by atoms with E-state index in [1.807, 2.05) is 44.4 Å². The van der Waals surface area contributed by atoms with E-state index in [1.54, 1.807) is 33.9 Å². The number of aryl methyl sites for hydroxylation is 2. The molecule has 3 N–H and O–H groups in total. The molecule has 16 nitrogen and oxygen atoms in total. The predicted octanol–water partition coefficient (Wildman–Crippen LogP) is 3.86. The topological polar surface area (TPSA) is 170 Å². The smallest absolute Gasteiger partial charge is 0.329 e. The summed E-state index contributed by atoms with van der Waals surface area (Å²) in [5.74, 6) is 0.984. The molecule has 8 rings (SSSR count). The molecule has 3 aliphatic rings. The van der Waals surface area contributed by atoms with Gasteiger partial charge in [0.1, 0.15) is 5.02 Å². The third kappa shape index (κ3) is 7.83. The first-order valence-electron chi connectivity index (χ1n) is 19.7. The van der Waals surface area contributed by atoms with E-state index in [-0.39, 0.29) is 29.6 Å². The maximum absolute atomic E-state index is 13.7. The zero-order valence-electron chi connectivity index (χ0n) is 32.9. The fourth-order valence-electron chi connectivity index (χ4n) is 8.19. The van der Waals surface area contributed by atoms with Crippen LogP contribution in [0.5, 0.6) is 0 Å². The first kappa shape index (κ1) is 38.8. The molecule has 0 bridgehead atoms. The number of fused-ring (bicyclic) bond motifs is 2. The highest BCUT2D eigenvalue weighted by molar-refractivity contribution is 6.33. The number of carbonyl (C=O) groups is 2. The molecule has 2 amide bonds. The summed E-state index contributed by atoms with van der Waals surface area (Å²) in [5.41, 5.74) is 3.07. The number of β-amino-alcohol motifs (C(OH)–C–C–N with tert-alkyl or cyclic N) is 1. The fourth-order valence-corrected chi connectivity index (χ4v) is 8.33. The number of piperidine rings is 2. The van der Waals surface area contributed by atoms with Gasteiger partial charge in [-0.25, -0.2) is 14.7 Å². The van der Waals surface area contributed by atoms with Crippen LogP contribution in [-0.2, 0) is 29.7 Å². The van der Waals surface area contributed by atoms with Crippen molar-refractivity contribution in [2.24, 2.45) is 7.05 Å². The van der Waals surface area contributed by atoms with Gasteiger partial charge in [0.15, 0.2) is 11.6 Å². The third-order valence-electron chi connectivity index (χ3n) is 11.5.